The van der Waals surface area contributed by atoms with Gasteiger partial charge in [0.1, 0.15) is 0 Å². The highest BCUT2D eigenvalue weighted by Gasteiger charge is 2.10. The molecular weight excluding hydrogens is 272 g/mol. The number of carbonyl (C=O) groups excluding carboxylic acids is 1. The van der Waals surface area contributed by atoms with Crippen molar-refractivity contribution in [2.45, 2.75) is 32.7 Å². The minimum Gasteiger partial charge on any atom is -0.356 e. The fraction of sp³-hybridized carbons (Fsp3) is 0.316. The van der Waals surface area contributed by atoms with Gasteiger partial charge in [0.25, 0.3) is 0 Å². The molecule has 1 heterocycles. The fourth-order valence-corrected chi connectivity index (χ4v) is 2.95. The number of benzene rings is 2. The van der Waals surface area contributed by atoms with E-state index in [2.05, 4.69) is 65.3 Å². The number of carbonyl (C=O) groups is 1. The largest absolute Gasteiger partial charge is 0.356 e. The summed E-state index contributed by atoms with van der Waals surface area (Å²) in [7, 11) is 0. The number of nitrogens with zero attached hydrogens (tertiary/aromatic N) is 1. The van der Waals surface area contributed by atoms with Gasteiger partial charge in [0.15, 0.2) is 0 Å². The first kappa shape index (κ1) is 14.6. The lowest BCUT2D eigenvalue weighted by molar-refractivity contribution is -0.121. The van der Waals surface area contributed by atoms with Crippen molar-refractivity contribution >= 4 is 27.7 Å². The Bertz CT molecular complexity index is 735. The van der Waals surface area contributed by atoms with Gasteiger partial charge >= 0.3 is 0 Å². The number of unbranched alkanes of at least 4 members (excludes halogenated alkanes) is 1. The summed E-state index contributed by atoms with van der Waals surface area (Å²) < 4.78 is 2.25. The summed E-state index contributed by atoms with van der Waals surface area (Å²) in [4.78, 5) is 12.0. The first-order chi connectivity index (χ1) is 10.8. The summed E-state index contributed by atoms with van der Waals surface area (Å²) in [5.41, 5.74) is 2.40. The van der Waals surface area contributed by atoms with Gasteiger partial charge in [0, 0.05) is 41.3 Å². The average Bonchev–Trinajstić information content (AvgIpc) is 2.87. The van der Waals surface area contributed by atoms with E-state index in [1.807, 2.05) is 0 Å². The Morgan fingerprint density at radius 2 is 1.59 bits per heavy atom. The number of para-hydroxylation sites is 2. The van der Waals surface area contributed by atoms with Crippen LogP contribution in [0.5, 0.6) is 0 Å². The molecule has 3 nitrogen and oxygen atoms in total. The van der Waals surface area contributed by atoms with Gasteiger partial charge in [-0.3, -0.25) is 4.79 Å². The van der Waals surface area contributed by atoms with Crippen LogP contribution in [0, 0.1) is 0 Å². The van der Waals surface area contributed by atoms with E-state index in [0.29, 0.717) is 13.0 Å². The number of aromatic nitrogens is 1. The highest BCUT2D eigenvalue weighted by Crippen LogP contribution is 2.28. The molecule has 0 atom stereocenters. The van der Waals surface area contributed by atoms with Crippen molar-refractivity contribution in [3.8, 4) is 0 Å². The number of amides is 1. The normalized spacial score (nSPS) is 11.1. The number of hydrogen-bond donors (Lipinski definition) is 1. The second-order valence-corrected chi connectivity index (χ2v) is 5.64. The molecule has 2 aromatic carbocycles. The number of hydrogen-bond acceptors (Lipinski definition) is 1. The van der Waals surface area contributed by atoms with Crippen LogP contribution in [0.15, 0.2) is 48.5 Å². The van der Waals surface area contributed by atoms with Crippen LogP contribution >= 0.6 is 0 Å². The maximum atomic E-state index is 12.0. The lowest BCUT2D eigenvalue weighted by Gasteiger charge is -2.08. The zero-order valence-corrected chi connectivity index (χ0v) is 13.0. The maximum Gasteiger partial charge on any atom is 0.221 e. The van der Waals surface area contributed by atoms with E-state index in [0.717, 1.165) is 19.4 Å². The maximum absolute atomic E-state index is 12.0. The Hall–Kier alpha value is -2.29. The molecule has 0 bridgehead atoms. The molecular formula is C19H22N2O. The monoisotopic (exact) mass is 294 g/mol. The van der Waals surface area contributed by atoms with Crippen molar-refractivity contribution < 1.29 is 4.79 Å². The fourth-order valence-electron chi connectivity index (χ4n) is 2.95. The highest BCUT2D eigenvalue weighted by atomic mass is 16.1. The zero-order valence-electron chi connectivity index (χ0n) is 13.0. The first-order valence-corrected chi connectivity index (χ1v) is 8.04. The summed E-state index contributed by atoms with van der Waals surface area (Å²) in [6.45, 7) is 3.62. The van der Waals surface area contributed by atoms with Crippen molar-refractivity contribution in [3.63, 3.8) is 0 Å². The first-order valence-electron chi connectivity index (χ1n) is 8.04. The molecule has 0 radical (unpaired) electrons. The van der Waals surface area contributed by atoms with Crippen molar-refractivity contribution in [1.82, 2.24) is 9.88 Å². The van der Waals surface area contributed by atoms with Crippen LogP contribution in [0.25, 0.3) is 21.8 Å². The van der Waals surface area contributed by atoms with E-state index in [4.69, 9.17) is 0 Å². The van der Waals surface area contributed by atoms with E-state index in [9.17, 15) is 4.79 Å². The second kappa shape index (κ2) is 6.65. The molecule has 0 saturated heterocycles. The van der Waals surface area contributed by atoms with Crippen LogP contribution < -0.4 is 5.32 Å². The Balaban J connectivity index is 1.84. The third-order valence-corrected chi connectivity index (χ3v) is 4.09. The van der Waals surface area contributed by atoms with Crippen LogP contribution in [0.1, 0.15) is 26.2 Å². The van der Waals surface area contributed by atoms with Gasteiger partial charge < -0.3 is 9.88 Å². The molecule has 0 aliphatic carbocycles. The molecule has 0 aliphatic rings. The van der Waals surface area contributed by atoms with Gasteiger partial charge in [-0.15, -0.1) is 0 Å². The summed E-state index contributed by atoms with van der Waals surface area (Å²) in [5.74, 6) is 0.135. The number of aryl methyl sites for hydroxylation is 1. The summed E-state index contributed by atoms with van der Waals surface area (Å²) in [6.07, 6.45) is 2.67. The topological polar surface area (TPSA) is 34.0 Å². The lowest BCUT2D eigenvalue weighted by Crippen LogP contribution is -2.25. The highest BCUT2D eigenvalue weighted by molar-refractivity contribution is 6.08. The summed E-state index contributed by atoms with van der Waals surface area (Å²) in [5, 5.41) is 5.50. The van der Waals surface area contributed by atoms with Gasteiger partial charge in [-0.25, -0.2) is 0 Å². The molecule has 1 N–H and O–H groups in total. The number of rotatable bonds is 6. The van der Waals surface area contributed by atoms with Gasteiger partial charge in [-0.05, 0) is 18.6 Å². The molecule has 0 spiro atoms. The predicted molar refractivity (Wildman–Crippen MR) is 92.0 cm³/mol. The molecule has 3 aromatic rings. The molecule has 0 aliphatic heterocycles. The van der Waals surface area contributed by atoms with Gasteiger partial charge in [0.2, 0.25) is 5.91 Å². The van der Waals surface area contributed by atoms with Crippen molar-refractivity contribution in [3.05, 3.63) is 48.5 Å². The van der Waals surface area contributed by atoms with Crippen molar-refractivity contribution in [1.29, 1.82) is 0 Å². The van der Waals surface area contributed by atoms with Crippen LogP contribution in [0.3, 0.4) is 0 Å². The molecule has 0 unspecified atom stereocenters. The van der Waals surface area contributed by atoms with E-state index < -0.39 is 0 Å². The molecule has 22 heavy (non-hydrogen) atoms. The van der Waals surface area contributed by atoms with Crippen LogP contribution in [-0.2, 0) is 11.3 Å². The minimum atomic E-state index is 0.135. The van der Waals surface area contributed by atoms with Crippen molar-refractivity contribution in [2.75, 3.05) is 6.54 Å². The Morgan fingerprint density at radius 3 is 2.18 bits per heavy atom. The van der Waals surface area contributed by atoms with Crippen molar-refractivity contribution in [2.24, 2.45) is 0 Å². The molecule has 0 fully saturated rings. The Morgan fingerprint density at radius 1 is 1.00 bits per heavy atom. The zero-order chi connectivity index (χ0) is 15.4. The van der Waals surface area contributed by atoms with Crippen LogP contribution in [0.4, 0.5) is 0 Å². The van der Waals surface area contributed by atoms with Gasteiger partial charge in [0.05, 0.1) is 0 Å². The second-order valence-electron chi connectivity index (χ2n) is 5.64. The molecule has 1 aromatic heterocycles. The van der Waals surface area contributed by atoms with Crippen LogP contribution in [-0.4, -0.2) is 17.0 Å². The van der Waals surface area contributed by atoms with E-state index in [-0.39, 0.29) is 5.91 Å². The molecule has 1 amide bonds. The lowest BCUT2D eigenvalue weighted by atomic mass is 10.2. The average molecular weight is 294 g/mol. The molecule has 0 saturated carbocycles. The van der Waals surface area contributed by atoms with Gasteiger partial charge in [-0.2, -0.15) is 0 Å². The SMILES string of the molecule is CCCCNC(=O)CCn1c2ccccc2c2ccccc21. The van der Waals surface area contributed by atoms with E-state index >= 15 is 0 Å². The quantitative estimate of drug-likeness (QED) is 0.682. The molecule has 3 heteroatoms. The third-order valence-electron chi connectivity index (χ3n) is 4.09. The Labute approximate surface area is 130 Å². The predicted octanol–water partition coefficient (Wildman–Crippen LogP) is 4.10. The molecule has 114 valence electrons. The number of nitrogens with one attached hydrogen (secondary N) is 1. The minimum absolute atomic E-state index is 0.135. The summed E-state index contributed by atoms with van der Waals surface area (Å²) in [6, 6.07) is 16.8. The van der Waals surface area contributed by atoms with E-state index in [1.165, 1.54) is 21.8 Å². The third kappa shape index (κ3) is 2.84. The molecule has 3 rings (SSSR count). The Kier molecular flexibility index (Phi) is 4.42. The summed E-state index contributed by atoms with van der Waals surface area (Å²) >= 11 is 0. The van der Waals surface area contributed by atoms with E-state index in [1.54, 1.807) is 0 Å². The number of fused-ring (bicyclic) bond motifs is 3. The standard InChI is InChI=1S/C19H22N2O/c1-2-3-13-20-19(22)12-14-21-17-10-6-4-8-15(17)16-9-5-7-11-18(16)21/h4-11H,2-3,12-14H2,1H3,(H,20,22). The van der Waals surface area contributed by atoms with Crippen LogP contribution in [0.2, 0.25) is 0 Å². The van der Waals surface area contributed by atoms with Gasteiger partial charge in [-0.1, -0.05) is 49.7 Å². The smallest absolute Gasteiger partial charge is 0.221 e.